The highest BCUT2D eigenvalue weighted by atomic mass is 35.5. The normalized spacial score (nSPS) is 11.7. The van der Waals surface area contributed by atoms with Gasteiger partial charge in [-0.05, 0) is 42.8 Å². The van der Waals surface area contributed by atoms with E-state index in [-0.39, 0.29) is 11.3 Å². The van der Waals surface area contributed by atoms with Gasteiger partial charge in [0.05, 0.1) is 29.1 Å². The quantitative estimate of drug-likeness (QED) is 0.420. The molecule has 0 radical (unpaired) electrons. The summed E-state index contributed by atoms with van der Waals surface area (Å²) >= 11 is 6.02. The molecule has 0 saturated heterocycles. The van der Waals surface area contributed by atoms with E-state index in [9.17, 15) is 14.0 Å². The van der Waals surface area contributed by atoms with Crippen molar-refractivity contribution in [3.8, 4) is 22.6 Å². The van der Waals surface area contributed by atoms with E-state index in [0.29, 0.717) is 27.7 Å². The van der Waals surface area contributed by atoms with Crippen molar-refractivity contribution in [3.63, 3.8) is 0 Å². The first-order valence-corrected chi connectivity index (χ1v) is 11.1. The van der Waals surface area contributed by atoms with Gasteiger partial charge < -0.3 is 10.6 Å². The second-order valence-corrected chi connectivity index (χ2v) is 8.32. The molecule has 0 aliphatic rings. The van der Waals surface area contributed by atoms with Gasteiger partial charge in [0.2, 0.25) is 0 Å². The number of nitrogens with one attached hydrogen (secondary N) is 2. The first-order chi connectivity index (χ1) is 16.7. The molecule has 2 N–H and O–H groups in total. The summed E-state index contributed by atoms with van der Waals surface area (Å²) in [5.41, 5.74) is 2.52. The lowest BCUT2D eigenvalue weighted by atomic mass is 10.0. The largest absolute Gasteiger partial charge is 0.355 e. The van der Waals surface area contributed by atoms with Crippen LogP contribution in [0.4, 0.5) is 4.39 Å². The fraction of sp³-hybridized carbons (Fsp3) is 0.160. The van der Waals surface area contributed by atoms with E-state index < -0.39 is 23.7 Å². The van der Waals surface area contributed by atoms with Crippen LogP contribution >= 0.6 is 11.6 Å². The Kier molecular flexibility index (Phi) is 6.88. The van der Waals surface area contributed by atoms with Gasteiger partial charge in [-0.25, -0.2) is 14.4 Å². The molecule has 2 aromatic heterocycles. The van der Waals surface area contributed by atoms with E-state index in [1.54, 1.807) is 67.4 Å². The van der Waals surface area contributed by atoms with Crippen LogP contribution < -0.4 is 10.6 Å². The standard InChI is InChI=1S/C25H22ClFN6O2/c1-14(16-6-9-19(20(27)10-16)24(34)28-2)30-25(35)22-11-21(15-4-7-18(26)8-5-15)31-23(32-22)17-12-29-33(3)13-17/h4-14H,1-3H3,(H,28,34)(H,30,35)/t14-/m0/s1. The number of hydrogen-bond donors (Lipinski definition) is 2. The molecule has 8 nitrogen and oxygen atoms in total. The van der Waals surface area contributed by atoms with E-state index in [0.717, 1.165) is 5.56 Å². The van der Waals surface area contributed by atoms with Crippen molar-refractivity contribution in [1.29, 1.82) is 0 Å². The SMILES string of the molecule is CNC(=O)c1ccc([C@H](C)NC(=O)c2cc(-c3ccc(Cl)cc3)nc(-c3cnn(C)c3)n2)cc1F. The lowest BCUT2D eigenvalue weighted by Gasteiger charge is -2.16. The van der Waals surface area contributed by atoms with E-state index in [4.69, 9.17) is 11.6 Å². The monoisotopic (exact) mass is 492 g/mol. The maximum atomic E-state index is 14.4. The first-order valence-electron chi connectivity index (χ1n) is 10.7. The number of nitrogens with zero attached hydrogens (tertiary/aromatic N) is 4. The van der Waals surface area contributed by atoms with Crippen LogP contribution in [0.2, 0.25) is 5.02 Å². The Bertz CT molecular complexity index is 1400. The van der Waals surface area contributed by atoms with Crippen molar-refractivity contribution in [1.82, 2.24) is 30.4 Å². The Morgan fingerprint density at radius 2 is 1.77 bits per heavy atom. The summed E-state index contributed by atoms with van der Waals surface area (Å²) in [6, 6.07) is 12.3. The third-order valence-corrected chi connectivity index (χ3v) is 5.63. The second-order valence-electron chi connectivity index (χ2n) is 7.89. The minimum Gasteiger partial charge on any atom is -0.355 e. The molecule has 0 bridgehead atoms. The molecule has 178 valence electrons. The van der Waals surface area contributed by atoms with Crippen molar-refractivity contribution in [2.45, 2.75) is 13.0 Å². The minimum absolute atomic E-state index is 0.0701. The molecular weight excluding hydrogens is 471 g/mol. The van der Waals surface area contributed by atoms with Crippen LogP contribution in [0.1, 0.15) is 39.4 Å². The second kappa shape index (κ2) is 10.0. The predicted molar refractivity (Wildman–Crippen MR) is 130 cm³/mol. The van der Waals surface area contributed by atoms with E-state index in [2.05, 4.69) is 25.7 Å². The number of aromatic nitrogens is 4. The highest BCUT2D eigenvalue weighted by Crippen LogP contribution is 2.24. The molecule has 2 heterocycles. The van der Waals surface area contributed by atoms with Gasteiger partial charge in [0.15, 0.2) is 5.82 Å². The first kappa shape index (κ1) is 24.0. The molecule has 0 aliphatic carbocycles. The third kappa shape index (κ3) is 5.36. The van der Waals surface area contributed by atoms with Gasteiger partial charge in [0, 0.05) is 30.9 Å². The summed E-state index contributed by atoms with van der Waals surface area (Å²) in [5.74, 6) is -1.32. The summed E-state index contributed by atoms with van der Waals surface area (Å²) in [4.78, 5) is 34.0. The summed E-state index contributed by atoms with van der Waals surface area (Å²) < 4.78 is 16.0. The molecule has 0 fully saturated rings. The number of halogens is 2. The molecule has 0 unspecified atom stereocenters. The van der Waals surface area contributed by atoms with Gasteiger partial charge in [-0.15, -0.1) is 0 Å². The maximum absolute atomic E-state index is 14.4. The van der Waals surface area contributed by atoms with Crippen molar-refractivity contribution < 1.29 is 14.0 Å². The third-order valence-electron chi connectivity index (χ3n) is 5.37. The molecule has 4 aromatic rings. The summed E-state index contributed by atoms with van der Waals surface area (Å²) in [5, 5.41) is 9.96. The van der Waals surface area contributed by atoms with E-state index >= 15 is 0 Å². The lowest BCUT2D eigenvalue weighted by molar-refractivity contribution is 0.0931. The Labute approximate surface area is 206 Å². The van der Waals surface area contributed by atoms with Gasteiger partial charge in [0.25, 0.3) is 11.8 Å². The van der Waals surface area contributed by atoms with Gasteiger partial charge in [-0.1, -0.05) is 29.8 Å². The molecule has 2 aromatic carbocycles. The van der Waals surface area contributed by atoms with E-state index in [1.165, 1.54) is 19.2 Å². The average Bonchev–Trinajstić information content (AvgIpc) is 3.30. The van der Waals surface area contributed by atoms with Crippen molar-refractivity contribution >= 4 is 23.4 Å². The molecule has 0 aliphatic heterocycles. The highest BCUT2D eigenvalue weighted by molar-refractivity contribution is 6.30. The van der Waals surface area contributed by atoms with Crippen molar-refractivity contribution in [3.05, 3.63) is 88.6 Å². The minimum atomic E-state index is -0.672. The molecule has 10 heteroatoms. The van der Waals surface area contributed by atoms with Crippen molar-refractivity contribution in [2.24, 2.45) is 7.05 Å². The van der Waals surface area contributed by atoms with Crippen LogP contribution in [0.25, 0.3) is 22.6 Å². The number of rotatable bonds is 6. The number of carbonyl (C=O) groups excluding carboxylic acids is 2. The molecule has 35 heavy (non-hydrogen) atoms. The molecular formula is C25H22ClFN6O2. The molecule has 0 saturated carbocycles. The smallest absolute Gasteiger partial charge is 0.270 e. The number of amides is 2. The fourth-order valence-electron chi connectivity index (χ4n) is 3.47. The predicted octanol–water partition coefficient (Wildman–Crippen LogP) is 4.19. The van der Waals surface area contributed by atoms with Crippen LogP contribution in [0.5, 0.6) is 0 Å². The Morgan fingerprint density at radius 3 is 2.40 bits per heavy atom. The molecule has 4 rings (SSSR count). The molecule has 1 atom stereocenters. The number of benzene rings is 2. The van der Waals surface area contributed by atoms with Crippen LogP contribution in [-0.4, -0.2) is 38.6 Å². The molecule has 2 amide bonds. The zero-order chi connectivity index (χ0) is 25.1. The van der Waals surface area contributed by atoms with Crippen LogP contribution in [-0.2, 0) is 7.05 Å². The Hall–Kier alpha value is -4.11. The van der Waals surface area contributed by atoms with Gasteiger partial charge >= 0.3 is 0 Å². The van der Waals surface area contributed by atoms with Gasteiger partial charge in [-0.3, -0.25) is 14.3 Å². The Morgan fingerprint density at radius 1 is 1.03 bits per heavy atom. The number of aryl methyl sites for hydroxylation is 1. The fourth-order valence-corrected chi connectivity index (χ4v) is 3.60. The van der Waals surface area contributed by atoms with Crippen LogP contribution in [0.3, 0.4) is 0 Å². The maximum Gasteiger partial charge on any atom is 0.270 e. The summed E-state index contributed by atoms with van der Waals surface area (Å²) in [6.07, 6.45) is 3.37. The molecule has 0 spiro atoms. The zero-order valence-corrected chi connectivity index (χ0v) is 20.0. The topological polar surface area (TPSA) is 102 Å². The average molecular weight is 493 g/mol. The zero-order valence-electron chi connectivity index (χ0n) is 19.2. The lowest BCUT2D eigenvalue weighted by Crippen LogP contribution is -2.28. The van der Waals surface area contributed by atoms with Crippen molar-refractivity contribution in [2.75, 3.05) is 7.05 Å². The highest BCUT2D eigenvalue weighted by Gasteiger charge is 2.19. The number of hydrogen-bond acceptors (Lipinski definition) is 5. The summed E-state index contributed by atoms with van der Waals surface area (Å²) in [7, 11) is 3.20. The van der Waals surface area contributed by atoms with Gasteiger partial charge in [-0.2, -0.15) is 5.10 Å². The van der Waals surface area contributed by atoms with E-state index in [1.807, 2.05) is 0 Å². The Balaban J connectivity index is 1.65. The number of carbonyl (C=O) groups is 2. The summed E-state index contributed by atoms with van der Waals surface area (Å²) in [6.45, 7) is 1.72. The van der Waals surface area contributed by atoms with Crippen LogP contribution in [0.15, 0.2) is 60.9 Å². The van der Waals surface area contributed by atoms with Gasteiger partial charge in [0.1, 0.15) is 11.5 Å². The van der Waals surface area contributed by atoms with Crippen LogP contribution in [0, 0.1) is 5.82 Å².